The monoisotopic (exact) mass is 400 g/mol. The molecule has 1 rings (SSSR count). The molecule has 0 fully saturated rings. The van der Waals surface area contributed by atoms with Crippen molar-refractivity contribution in [3.63, 3.8) is 0 Å². The first kappa shape index (κ1) is 17.7. The predicted octanol–water partition coefficient (Wildman–Crippen LogP) is 6.20. The van der Waals surface area contributed by atoms with Gasteiger partial charge in [-0.15, -0.1) is 0 Å². The van der Waals surface area contributed by atoms with Crippen LogP contribution < -0.4 is 0 Å². The summed E-state index contributed by atoms with van der Waals surface area (Å²) >= 11 is 6.89. The Balaban J connectivity index is 2.35. The Morgan fingerprint density at radius 1 is 1.20 bits per heavy atom. The Bertz CT molecular complexity index is 430. The van der Waals surface area contributed by atoms with Gasteiger partial charge in [-0.05, 0) is 70.0 Å². The van der Waals surface area contributed by atoms with Crippen LogP contribution in [0.5, 0.6) is 0 Å². The number of ether oxygens (including phenoxy) is 1. The van der Waals surface area contributed by atoms with Crippen molar-refractivity contribution in [1.29, 1.82) is 0 Å². The summed E-state index contributed by atoms with van der Waals surface area (Å²) in [5, 5.41) is 0. The maximum absolute atomic E-state index is 5.76. The quantitative estimate of drug-likeness (QED) is 0.372. The third-order valence-corrected chi connectivity index (χ3v) is 3.46. The summed E-state index contributed by atoms with van der Waals surface area (Å²) in [5.41, 5.74) is 2.59. The molecule has 1 aromatic carbocycles. The van der Waals surface area contributed by atoms with Gasteiger partial charge in [0.1, 0.15) is 0 Å². The van der Waals surface area contributed by atoms with Gasteiger partial charge in [0.05, 0.1) is 10.00 Å². The average Bonchev–Trinajstić information content (AvgIpc) is 2.41. The second kappa shape index (κ2) is 10.4. The molecule has 0 spiro atoms. The van der Waals surface area contributed by atoms with E-state index in [0.29, 0.717) is 12.5 Å². The van der Waals surface area contributed by atoms with Gasteiger partial charge < -0.3 is 4.74 Å². The molecule has 0 aliphatic carbocycles. The van der Waals surface area contributed by atoms with Gasteiger partial charge in [0, 0.05) is 6.61 Å². The normalized spacial score (nSPS) is 11.8. The highest BCUT2D eigenvalue weighted by atomic mass is 79.9. The van der Waals surface area contributed by atoms with Crippen molar-refractivity contribution in [2.75, 3.05) is 6.61 Å². The highest BCUT2D eigenvalue weighted by Gasteiger charge is 2.05. The fourth-order valence-electron chi connectivity index (χ4n) is 1.83. The van der Waals surface area contributed by atoms with Crippen molar-refractivity contribution in [2.24, 2.45) is 5.92 Å². The minimum Gasteiger partial charge on any atom is -0.377 e. The van der Waals surface area contributed by atoms with E-state index in [0.717, 1.165) is 22.8 Å². The summed E-state index contributed by atoms with van der Waals surface area (Å²) in [6.07, 6.45) is 6.56. The summed E-state index contributed by atoms with van der Waals surface area (Å²) in [6.45, 7) is 5.74. The Morgan fingerprint density at radius 3 is 2.50 bits per heavy atom. The third kappa shape index (κ3) is 8.72. The van der Waals surface area contributed by atoms with Gasteiger partial charge >= 0.3 is 0 Å². The molecule has 3 heteroatoms. The van der Waals surface area contributed by atoms with E-state index < -0.39 is 0 Å². The van der Waals surface area contributed by atoms with Crippen molar-refractivity contribution in [1.82, 2.24) is 0 Å². The van der Waals surface area contributed by atoms with Crippen LogP contribution in [0.1, 0.15) is 32.3 Å². The molecule has 0 radical (unpaired) electrons. The van der Waals surface area contributed by atoms with Crippen molar-refractivity contribution < 1.29 is 4.74 Å². The zero-order valence-electron chi connectivity index (χ0n) is 12.1. The molecule has 1 aromatic rings. The standard InChI is InChI=1S/C17H22Br2O/c1-14(2)8-9-15(12-17(18)19)10-11-20-13-16-6-4-3-5-7-16/h3-8,12,15H,9-11,13H2,1-2H3. The minimum atomic E-state index is 0.495. The molecule has 1 nitrogen and oxygen atoms in total. The third-order valence-electron chi connectivity index (χ3n) is 2.94. The van der Waals surface area contributed by atoms with E-state index >= 15 is 0 Å². The second-order valence-corrected chi connectivity index (χ2v) is 7.83. The second-order valence-electron chi connectivity index (χ2n) is 5.06. The van der Waals surface area contributed by atoms with Gasteiger partial charge in [0.25, 0.3) is 0 Å². The lowest BCUT2D eigenvalue weighted by Crippen LogP contribution is -2.03. The van der Waals surface area contributed by atoms with Crippen LogP contribution in [0.2, 0.25) is 0 Å². The SMILES string of the molecule is CC(C)=CCC(C=C(Br)Br)CCOCc1ccccc1. The molecule has 1 atom stereocenters. The first-order chi connectivity index (χ1) is 9.58. The van der Waals surface area contributed by atoms with Crippen molar-refractivity contribution >= 4 is 31.9 Å². The zero-order valence-corrected chi connectivity index (χ0v) is 15.3. The molecule has 0 saturated carbocycles. The molecule has 0 bridgehead atoms. The Labute approximate surface area is 139 Å². The lowest BCUT2D eigenvalue weighted by molar-refractivity contribution is 0.111. The lowest BCUT2D eigenvalue weighted by Gasteiger charge is -2.12. The largest absolute Gasteiger partial charge is 0.377 e. The molecule has 0 N–H and O–H groups in total. The molecule has 0 aliphatic rings. The summed E-state index contributed by atoms with van der Waals surface area (Å²) in [6, 6.07) is 10.3. The fraction of sp³-hybridized carbons (Fsp3) is 0.412. The summed E-state index contributed by atoms with van der Waals surface area (Å²) in [5.74, 6) is 0.495. The van der Waals surface area contributed by atoms with Crippen LogP contribution in [0.25, 0.3) is 0 Å². The van der Waals surface area contributed by atoms with E-state index in [-0.39, 0.29) is 0 Å². The van der Waals surface area contributed by atoms with Crippen molar-refractivity contribution in [3.05, 3.63) is 57.0 Å². The maximum atomic E-state index is 5.76. The Morgan fingerprint density at radius 2 is 1.90 bits per heavy atom. The minimum absolute atomic E-state index is 0.495. The molecule has 0 heterocycles. The number of rotatable bonds is 8. The smallest absolute Gasteiger partial charge is 0.0716 e. The van der Waals surface area contributed by atoms with Crippen molar-refractivity contribution in [3.8, 4) is 0 Å². The van der Waals surface area contributed by atoms with Crippen LogP contribution in [0.4, 0.5) is 0 Å². The fourth-order valence-corrected chi connectivity index (χ4v) is 2.58. The highest BCUT2D eigenvalue weighted by molar-refractivity contribution is 9.28. The van der Waals surface area contributed by atoms with Gasteiger partial charge in [-0.2, -0.15) is 0 Å². The molecule has 1 unspecified atom stereocenters. The lowest BCUT2D eigenvalue weighted by atomic mass is 10.0. The van der Waals surface area contributed by atoms with Crippen LogP contribution in [0.15, 0.2) is 51.4 Å². The van der Waals surface area contributed by atoms with E-state index in [9.17, 15) is 0 Å². The average molecular weight is 402 g/mol. The van der Waals surface area contributed by atoms with Crippen LogP contribution >= 0.6 is 31.9 Å². The highest BCUT2D eigenvalue weighted by Crippen LogP contribution is 2.21. The van der Waals surface area contributed by atoms with Gasteiger partial charge in [-0.3, -0.25) is 0 Å². The van der Waals surface area contributed by atoms with E-state index in [1.54, 1.807) is 0 Å². The molecular formula is C17H22Br2O. The van der Waals surface area contributed by atoms with E-state index in [1.807, 2.05) is 18.2 Å². The van der Waals surface area contributed by atoms with Crippen LogP contribution in [0, 0.1) is 5.92 Å². The van der Waals surface area contributed by atoms with E-state index in [2.05, 4.69) is 70.0 Å². The Hall–Kier alpha value is -0.380. The first-order valence-corrected chi connectivity index (χ1v) is 8.44. The molecule has 0 aliphatic heterocycles. The number of hydrogen-bond donors (Lipinski definition) is 0. The van der Waals surface area contributed by atoms with Gasteiger partial charge in [-0.1, -0.05) is 48.1 Å². The van der Waals surface area contributed by atoms with Crippen LogP contribution in [-0.2, 0) is 11.3 Å². The summed E-state index contributed by atoms with van der Waals surface area (Å²) in [7, 11) is 0. The van der Waals surface area contributed by atoms with E-state index in [1.165, 1.54) is 11.1 Å². The molecule has 0 aromatic heterocycles. The van der Waals surface area contributed by atoms with Crippen LogP contribution in [0.3, 0.4) is 0 Å². The molecule has 0 amide bonds. The molecule has 110 valence electrons. The summed E-state index contributed by atoms with van der Waals surface area (Å²) < 4.78 is 6.77. The topological polar surface area (TPSA) is 9.23 Å². The zero-order chi connectivity index (χ0) is 14.8. The molecular weight excluding hydrogens is 380 g/mol. The predicted molar refractivity (Wildman–Crippen MR) is 94.2 cm³/mol. The van der Waals surface area contributed by atoms with Gasteiger partial charge in [0.15, 0.2) is 0 Å². The Kier molecular flexibility index (Phi) is 9.16. The summed E-state index contributed by atoms with van der Waals surface area (Å²) in [4.78, 5) is 0. The maximum Gasteiger partial charge on any atom is 0.0716 e. The number of allylic oxidation sites excluding steroid dienone is 3. The first-order valence-electron chi connectivity index (χ1n) is 6.85. The van der Waals surface area contributed by atoms with Crippen LogP contribution in [-0.4, -0.2) is 6.61 Å². The van der Waals surface area contributed by atoms with Crippen molar-refractivity contribution in [2.45, 2.75) is 33.3 Å². The number of hydrogen-bond acceptors (Lipinski definition) is 1. The molecule has 20 heavy (non-hydrogen) atoms. The molecule has 0 saturated heterocycles. The van der Waals surface area contributed by atoms with E-state index in [4.69, 9.17) is 4.74 Å². The number of halogens is 2. The number of benzene rings is 1. The van der Waals surface area contributed by atoms with Gasteiger partial charge in [0.2, 0.25) is 0 Å². The van der Waals surface area contributed by atoms with Gasteiger partial charge in [-0.25, -0.2) is 0 Å².